The molecular weight excluding hydrogens is 152 g/mol. The standard InChI is InChI=1S/C9H14N2O/c1-2-9(12)11-7-8-5-3-4-6-10-8/h3-6,9,11-12H,2,7H2,1H3. The molecule has 0 aliphatic rings. The minimum Gasteiger partial charge on any atom is -0.379 e. The minimum absolute atomic E-state index is 0.424. The van der Waals surface area contributed by atoms with Crippen LogP contribution in [0.4, 0.5) is 0 Å². The Morgan fingerprint density at radius 3 is 3.00 bits per heavy atom. The van der Waals surface area contributed by atoms with Crippen molar-refractivity contribution in [3.8, 4) is 0 Å². The van der Waals surface area contributed by atoms with E-state index in [1.807, 2.05) is 25.1 Å². The largest absolute Gasteiger partial charge is 0.379 e. The highest BCUT2D eigenvalue weighted by Gasteiger charge is 1.98. The Kier molecular flexibility index (Phi) is 3.70. The summed E-state index contributed by atoms with van der Waals surface area (Å²) in [5, 5.41) is 12.1. The second-order valence-electron chi connectivity index (χ2n) is 2.63. The van der Waals surface area contributed by atoms with Gasteiger partial charge in [-0.15, -0.1) is 0 Å². The van der Waals surface area contributed by atoms with Crippen LogP contribution in [0, 0.1) is 0 Å². The van der Waals surface area contributed by atoms with Gasteiger partial charge >= 0.3 is 0 Å². The monoisotopic (exact) mass is 166 g/mol. The number of hydrogen-bond donors (Lipinski definition) is 2. The lowest BCUT2D eigenvalue weighted by Crippen LogP contribution is -2.27. The van der Waals surface area contributed by atoms with Crippen LogP contribution >= 0.6 is 0 Å². The van der Waals surface area contributed by atoms with Crippen molar-refractivity contribution >= 4 is 0 Å². The summed E-state index contributed by atoms with van der Waals surface area (Å²) in [5.41, 5.74) is 0.949. The van der Waals surface area contributed by atoms with Gasteiger partial charge in [0.15, 0.2) is 0 Å². The summed E-state index contributed by atoms with van der Waals surface area (Å²) in [6.07, 6.45) is 2.04. The summed E-state index contributed by atoms with van der Waals surface area (Å²) in [4.78, 5) is 4.11. The van der Waals surface area contributed by atoms with E-state index in [0.29, 0.717) is 13.0 Å². The maximum absolute atomic E-state index is 9.18. The van der Waals surface area contributed by atoms with Crippen molar-refractivity contribution in [2.75, 3.05) is 0 Å². The number of hydrogen-bond acceptors (Lipinski definition) is 3. The molecule has 0 amide bonds. The quantitative estimate of drug-likeness (QED) is 0.653. The maximum atomic E-state index is 9.18. The van der Waals surface area contributed by atoms with E-state index in [9.17, 15) is 5.11 Å². The highest BCUT2D eigenvalue weighted by atomic mass is 16.3. The first-order valence-corrected chi connectivity index (χ1v) is 4.14. The Morgan fingerprint density at radius 1 is 1.58 bits per heavy atom. The molecule has 0 aromatic carbocycles. The summed E-state index contributed by atoms with van der Waals surface area (Å²) in [7, 11) is 0. The van der Waals surface area contributed by atoms with Crippen LogP contribution in [0.5, 0.6) is 0 Å². The number of rotatable bonds is 4. The van der Waals surface area contributed by atoms with Gasteiger partial charge in [0.05, 0.1) is 5.69 Å². The minimum atomic E-state index is -0.424. The van der Waals surface area contributed by atoms with Gasteiger partial charge in [-0.05, 0) is 18.6 Å². The van der Waals surface area contributed by atoms with Crippen molar-refractivity contribution in [1.82, 2.24) is 10.3 Å². The van der Waals surface area contributed by atoms with E-state index in [2.05, 4.69) is 10.3 Å². The molecule has 1 rings (SSSR count). The Bertz CT molecular complexity index is 213. The lowest BCUT2D eigenvalue weighted by Gasteiger charge is -2.08. The van der Waals surface area contributed by atoms with Crippen LogP contribution in [-0.4, -0.2) is 16.3 Å². The molecule has 0 saturated heterocycles. The van der Waals surface area contributed by atoms with E-state index >= 15 is 0 Å². The molecule has 66 valence electrons. The van der Waals surface area contributed by atoms with Gasteiger partial charge in [-0.1, -0.05) is 13.0 Å². The third-order valence-corrected chi connectivity index (χ3v) is 1.63. The number of aliphatic hydroxyl groups excluding tert-OH is 1. The Morgan fingerprint density at radius 2 is 2.42 bits per heavy atom. The Balaban J connectivity index is 2.33. The summed E-state index contributed by atoms with van der Waals surface area (Å²) in [5.74, 6) is 0. The summed E-state index contributed by atoms with van der Waals surface area (Å²) >= 11 is 0. The van der Waals surface area contributed by atoms with Gasteiger partial charge in [0, 0.05) is 12.7 Å². The molecular formula is C9H14N2O. The Labute approximate surface area is 72.5 Å². The van der Waals surface area contributed by atoms with Crippen LogP contribution in [0.15, 0.2) is 24.4 Å². The normalized spacial score (nSPS) is 12.8. The van der Waals surface area contributed by atoms with Gasteiger partial charge < -0.3 is 5.11 Å². The summed E-state index contributed by atoms with van der Waals surface area (Å²) < 4.78 is 0. The van der Waals surface area contributed by atoms with Gasteiger partial charge in [0.1, 0.15) is 6.23 Å². The maximum Gasteiger partial charge on any atom is 0.104 e. The van der Waals surface area contributed by atoms with Crippen LogP contribution in [0.25, 0.3) is 0 Å². The highest BCUT2D eigenvalue weighted by Crippen LogP contribution is 1.93. The van der Waals surface area contributed by atoms with E-state index in [4.69, 9.17) is 0 Å². The molecule has 2 N–H and O–H groups in total. The molecule has 0 spiro atoms. The van der Waals surface area contributed by atoms with Crippen LogP contribution in [0.1, 0.15) is 19.0 Å². The van der Waals surface area contributed by atoms with Gasteiger partial charge in [-0.3, -0.25) is 10.3 Å². The molecule has 0 radical (unpaired) electrons. The predicted molar refractivity (Wildman–Crippen MR) is 47.4 cm³/mol. The second-order valence-corrected chi connectivity index (χ2v) is 2.63. The molecule has 1 heterocycles. The van der Waals surface area contributed by atoms with Crippen molar-refractivity contribution in [1.29, 1.82) is 0 Å². The van der Waals surface area contributed by atoms with Gasteiger partial charge in [0.2, 0.25) is 0 Å². The smallest absolute Gasteiger partial charge is 0.104 e. The van der Waals surface area contributed by atoms with E-state index in [-0.39, 0.29) is 0 Å². The highest BCUT2D eigenvalue weighted by molar-refractivity contribution is 5.02. The molecule has 1 aromatic rings. The van der Waals surface area contributed by atoms with Crippen LogP contribution < -0.4 is 5.32 Å². The number of aliphatic hydroxyl groups is 1. The number of nitrogens with zero attached hydrogens (tertiary/aromatic N) is 1. The molecule has 3 heteroatoms. The molecule has 1 aromatic heterocycles. The van der Waals surface area contributed by atoms with E-state index in [1.54, 1.807) is 6.20 Å². The van der Waals surface area contributed by atoms with Crippen molar-refractivity contribution in [2.24, 2.45) is 0 Å². The first-order chi connectivity index (χ1) is 5.83. The average Bonchev–Trinajstić information content (AvgIpc) is 2.16. The fourth-order valence-electron chi connectivity index (χ4n) is 0.869. The molecule has 0 aliphatic carbocycles. The summed E-state index contributed by atoms with van der Waals surface area (Å²) in [6.45, 7) is 2.55. The zero-order valence-corrected chi connectivity index (χ0v) is 7.20. The molecule has 0 fully saturated rings. The average molecular weight is 166 g/mol. The first-order valence-electron chi connectivity index (χ1n) is 4.14. The van der Waals surface area contributed by atoms with E-state index in [1.165, 1.54) is 0 Å². The van der Waals surface area contributed by atoms with Crippen LogP contribution in [-0.2, 0) is 6.54 Å². The first kappa shape index (κ1) is 9.16. The van der Waals surface area contributed by atoms with E-state index < -0.39 is 6.23 Å². The predicted octanol–water partition coefficient (Wildman–Crippen LogP) is 0.900. The lowest BCUT2D eigenvalue weighted by atomic mass is 10.3. The van der Waals surface area contributed by atoms with Gasteiger partial charge in [-0.2, -0.15) is 0 Å². The molecule has 0 saturated carbocycles. The van der Waals surface area contributed by atoms with Crippen molar-refractivity contribution in [3.05, 3.63) is 30.1 Å². The van der Waals surface area contributed by atoms with Gasteiger partial charge in [-0.25, -0.2) is 0 Å². The van der Waals surface area contributed by atoms with E-state index in [0.717, 1.165) is 5.69 Å². The number of nitrogens with one attached hydrogen (secondary N) is 1. The SMILES string of the molecule is CCC(O)NCc1ccccn1. The third-order valence-electron chi connectivity index (χ3n) is 1.63. The second kappa shape index (κ2) is 4.85. The zero-order chi connectivity index (χ0) is 8.81. The zero-order valence-electron chi connectivity index (χ0n) is 7.20. The Hall–Kier alpha value is -0.930. The summed E-state index contributed by atoms with van der Waals surface area (Å²) in [6, 6.07) is 5.73. The van der Waals surface area contributed by atoms with Crippen molar-refractivity contribution in [2.45, 2.75) is 26.1 Å². The fourth-order valence-corrected chi connectivity index (χ4v) is 0.869. The third kappa shape index (κ3) is 2.98. The number of aromatic nitrogens is 1. The van der Waals surface area contributed by atoms with Gasteiger partial charge in [0.25, 0.3) is 0 Å². The molecule has 0 bridgehead atoms. The fraction of sp³-hybridized carbons (Fsp3) is 0.444. The van der Waals surface area contributed by atoms with Crippen molar-refractivity contribution < 1.29 is 5.11 Å². The lowest BCUT2D eigenvalue weighted by molar-refractivity contribution is 0.131. The molecule has 3 nitrogen and oxygen atoms in total. The molecule has 1 unspecified atom stereocenters. The number of pyridine rings is 1. The topological polar surface area (TPSA) is 45.1 Å². The molecule has 0 aliphatic heterocycles. The van der Waals surface area contributed by atoms with Crippen LogP contribution in [0.2, 0.25) is 0 Å². The van der Waals surface area contributed by atoms with Crippen molar-refractivity contribution in [3.63, 3.8) is 0 Å². The molecule has 12 heavy (non-hydrogen) atoms. The van der Waals surface area contributed by atoms with Crippen LogP contribution in [0.3, 0.4) is 0 Å². The molecule has 1 atom stereocenters.